The van der Waals surface area contributed by atoms with Crippen molar-refractivity contribution in [2.45, 2.75) is 11.7 Å². The van der Waals surface area contributed by atoms with Crippen LogP contribution in [0.5, 0.6) is 11.5 Å². The third-order valence-corrected chi connectivity index (χ3v) is 6.36. The fourth-order valence-electron chi connectivity index (χ4n) is 3.46. The molecule has 1 aromatic heterocycles. The first-order valence-electron chi connectivity index (χ1n) is 10.3. The molecule has 0 spiro atoms. The van der Waals surface area contributed by atoms with Crippen LogP contribution < -0.4 is 14.8 Å². The summed E-state index contributed by atoms with van der Waals surface area (Å²) in [7, 11) is 0. The lowest BCUT2D eigenvalue weighted by atomic mass is 10.2. The van der Waals surface area contributed by atoms with Gasteiger partial charge in [-0.25, -0.2) is 4.39 Å². The first kappa shape index (κ1) is 22.2. The molecule has 0 atom stereocenters. The molecular weight excluding hydrogens is 479 g/mol. The van der Waals surface area contributed by atoms with Crippen LogP contribution in [0.3, 0.4) is 0 Å². The number of hydrogen-bond acceptors (Lipinski definition) is 6. The SMILES string of the molecule is O=C(CSc1nnc(-c2ccccc2Cl)n1-c1ccccc1F)NCc1ccc2c(c1)OCO2. The largest absolute Gasteiger partial charge is 0.454 e. The smallest absolute Gasteiger partial charge is 0.231 e. The molecule has 172 valence electrons. The molecule has 0 unspecified atom stereocenters. The van der Waals surface area contributed by atoms with Gasteiger partial charge in [0.25, 0.3) is 0 Å². The Kier molecular flexibility index (Phi) is 6.37. The van der Waals surface area contributed by atoms with E-state index in [1.807, 2.05) is 24.3 Å². The van der Waals surface area contributed by atoms with Crippen LogP contribution in [0.1, 0.15) is 5.56 Å². The Hall–Kier alpha value is -3.56. The van der Waals surface area contributed by atoms with Crippen molar-refractivity contribution in [3.05, 3.63) is 83.1 Å². The predicted molar refractivity (Wildman–Crippen MR) is 127 cm³/mol. The molecule has 0 saturated heterocycles. The molecule has 0 bridgehead atoms. The summed E-state index contributed by atoms with van der Waals surface area (Å²) in [6.45, 7) is 0.529. The highest BCUT2D eigenvalue weighted by Gasteiger charge is 2.21. The summed E-state index contributed by atoms with van der Waals surface area (Å²) in [4.78, 5) is 12.5. The van der Waals surface area contributed by atoms with Gasteiger partial charge in [0.2, 0.25) is 12.7 Å². The minimum Gasteiger partial charge on any atom is -0.454 e. The van der Waals surface area contributed by atoms with Crippen molar-refractivity contribution in [2.24, 2.45) is 0 Å². The molecule has 1 amide bonds. The van der Waals surface area contributed by atoms with E-state index in [2.05, 4.69) is 15.5 Å². The quantitative estimate of drug-likeness (QED) is 0.368. The summed E-state index contributed by atoms with van der Waals surface area (Å²) in [6.07, 6.45) is 0. The van der Waals surface area contributed by atoms with Crippen LogP contribution in [0.4, 0.5) is 4.39 Å². The van der Waals surface area contributed by atoms with Crippen molar-refractivity contribution in [1.29, 1.82) is 0 Å². The molecule has 7 nitrogen and oxygen atoms in total. The number of thioether (sulfide) groups is 1. The van der Waals surface area contributed by atoms with Crippen LogP contribution in [-0.2, 0) is 11.3 Å². The molecule has 2 heterocycles. The number of amides is 1. The predicted octanol–water partition coefficient (Wildman–Crippen LogP) is 4.86. The Morgan fingerprint density at radius 3 is 2.71 bits per heavy atom. The van der Waals surface area contributed by atoms with E-state index in [1.54, 1.807) is 41.0 Å². The van der Waals surface area contributed by atoms with E-state index in [9.17, 15) is 9.18 Å². The number of carbonyl (C=O) groups excluding carboxylic acids is 1. The second-order valence-electron chi connectivity index (χ2n) is 7.33. The van der Waals surface area contributed by atoms with E-state index in [4.69, 9.17) is 21.1 Å². The monoisotopic (exact) mass is 496 g/mol. The molecule has 1 aliphatic rings. The van der Waals surface area contributed by atoms with Gasteiger partial charge >= 0.3 is 0 Å². The number of rotatable bonds is 7. The average Bonchev–Trinajstić information content (AvgIpc) is 3.48. The van der Waals surface area contributed by atoms with Crippen molar-refractivity contribution in [1.82, 2.24) is 20.1 Å². The van der Waals surface area contributed by atoms with E-state index in [0.717, 1.165) is 17.3 Å². The molecule has 0 aliphatic carbocycles. The molecule has 10 heteroatoms. The number of fused-ring (bicyclic) bond motifs is 1. The Morgan fingerprint density at radius 1 is 1.06 bits per heavy atom. The number of halogens is 2. The molecule has 0 saturated carbocycles. The van der Waals surface area contributed by atoms with Crippen molar-refractivity contribution in [3.63, 3.8) is 0 Å². The van der Waals surface area contributed by atoms with Crippen LogP contribution >= 0.6 is 23.4 Å². The van der Waals surface area contributed by atoms with Crippen molar-refractivity contribution >= 4 is 29.3 Å². The highest BCUT2D eigenvalue weighted by atomic mass is 35.5. The first-order chi connectivity index (χ1) is 16.6. The van der Waals surface area contributed by atoms with Gasteiger partial charge in [0.05, 0.1) is 16.5 Å². The molecule has 4 aromatic rings. The molecule has 1 N–H and O–H groups in total. The third kappa shape index (κ3) is 4.57. The number of carbonyl (C=O) groups is 1. The average molecular weight is 497 g/mol. The summed E-state index contributed by atoms with van der Waals surface area (Å²) in [5, 5.41) is 12.2. The summed E-state index contributed by atoms with van der Waals surface area (Å²) < 4.78 is 27.0. The second kappa shape index (κ2) is 9.74. The zero-order valence-corrected chi connectivity index (χ0v) is 19.3. The second-order valence-corrected chi connectivity index (χ2v) is 8.68. The van der Waals surface area contributed by atoms with Gasteiger partial charge in [-0.1, -0.05) is 53.7 Å². The minimum absolute atomic E-state index is 0.0691. The number of hydrogen-bond donors (Lipinski definition) is 1. The Morgan fingerprint density at radius 2 is 1.85 bits per heavy atom. The lowest BCUT2D eigenvalue weighted by molar-refractivity contribution is -0.118. The lowest BCUT2D eigenvalue weighted by Gasteiger charge is -2.12. The maximum absolute atomic E-state index is 14.7. The number of nitrogens with one attached hydrogen (secondary N) is 1. The highest BCUT2D eigenvalue weighted by molar-refractivity contribution is 7.99. The van der Waals surface area contributed by atoms with Gasteiger partial charge < -0.3 is 14.8 Å². The van der Waals surface area contributed by atoms with Gasteiger partial charge in [0, 0.05) is 12.1 Å². The molecule has 5 rings (SSSR count). The standard InChI is InChI=1S/C24H18ClFN4O3S/c25-17-6-2-1-5-16(17)23-28-29-24(30(23)19-8-4-3-7-18(19)26)34-13-22(31)27-12-15-9-10-20-21(11-15)33-14-32-20/h1-11H,12-14H2,(H,27,31). The Balaban J connectivity index is 1.34. The summed E-state index contributed by atoms with van der Waals surface area (Å²) in [5.74, 6) is 1.16. The lowest BCUT2D eigenvalue weighted by Crippen LogP contribution is -2.24. The zero-order valence-electron chi connectivity index (χ0n) is 17.7. The maximum Gasteiger partial charge on any atom is 0.231 e. The van der Waals surface area contributed by atoms with Crippen LogP contribution in [-0.4, -0.2) is 33.2 Å². The Labute approximate surface area is 203 Å². The third-order valence-electron chi connectivity index (χ3n) is 5.10. The fraction of sp³-hybridized carbons (Fsp3) is 0.125. The molecule has 34 heavy (non-hydrogen) atoms. The van der Waals surface area contributed by atoms with E-state index in [1.165, 1.54) is 6.07 Å². The first-order valence-corrected chi connectivity index (χ1v) is 11.7. The number of aromatic nitrogens is 3. The summed E-state index contributed by atoms with van der Waals surface area (Å²) in [6, 6.07) is 19.0. The fourth-order valence-corrected chi connectivity index (χ4v) is 4.46. The van der Waals surface area contributed by atoms with Crippen molar-refractivity contribution < 1.29 is 18.7 Å². The number of nitrogens with zero attached hydrogens (tertiary/aromatic N) is 3. The molecule has 0 fully saturated rings. The minimum atomic E-state index is -0.440. The molecule has 1 aliphatic heterocycles. The normalized spacial score (nSPS) is 12.1. The molecular formula is C24H18ClFN4O3S. The van der Waals surface area contributed by atoms with Crippen LogP contribution in [0.25, 0.3) is 17.1 Å². The van der Waals surface area contributed by atoms with Gasteiger partial charge in [-0.05, 0) is 42.0 Å². The van der Waals surface area contributed by atoms with Gasteiger partial charge in [-0.3, -0.25) is 9.36 Å². The van der Waals surface area contributed by atoms with E-state index in [0.29, 0.717) is 39.6 Å². The summed E-state index contributed by atoms with van der Waals surface area (Å²) in [5.41, 5.74) is 1.77. The van der Waals surface area contributed by atoms with Gasteiger partial charge in [-0.15, -0.1) is 10.2 Å². The molecule has 3 aromatic carbocycles. The number of para-hydroxylation sites is 1. The van der Waals surface area contributed by atoms with Crippen LogP contribution in [0.15, 0.2) is 71.9 Å². The highest BCUT2D eigenvalue weighted by Crippen LogP contribution is 2.33. The zero-order chi connectivity index (χ0) is 23.5. The van der Waals surface area contributed by atoms with Crippen molar-refractivity contribution in [2.75, 3.05) is 12.5 Å². The topological polar surface area (TPSA) is 78.3 Å². The van der Waals surface area contributed by atoms with Crippen molar-refractivity contribution in [3.8, 4) is 28.6 Å². The van der Waals surface area contributed by atoms with Crippen LogP contribution in [0, 0.1) is 5.82 Å². The van der Waals surface area contributed by atoms with E-state index >= 15 is 0 Å². The van der Waals surface area contributed by atoms with Crippen LogP contribution in [0.2, 0.25) is 5.02 Å². The number of ether oxygens (including phenoxy) is 2. The summed E-state index contributed by atoms with van der Waals surface area (Å²) >= 11 is 7.53. The number of benzene rings is 3. The van der Waals surface area contributed by atoms with Gasteiger partial charge in [0.15, 0.2) is 22.5 Å². The van der Waals surface area contributed by atoms with Gasteiger partial charge in [-0.2, -0.15) is 0 Å². The Bertz CT molecular complexity index is 1360. The maximum atomic E-state index is 14.7. The molecule has 0 radical (unpaired) electrons. The van der Waals surface area contributed by atoms with Gasteiger partial charge in [0.1, 0.15) is 5.82 Å². The van der Waals surface area contributed by atoms with E-state index in [-0.39, 0.29) is 24.1 Å². The van der Waals surface area contributed by atoms with E-state index < -0.39 is 5.82 Å².